The Morgan fingerprint density at radius 2 is 0.690 bits per heavy atom. The van der Waals surface area contributed by atoms with Crippen molar-refractivity contribution < 1.29 is 18.1 Å². The molecule has 0 aliphatic heterocycles. The van der Waals surface area contributed by atoms with Gasteiger partial charge in [0.25, 0.3) is 0 Å². The molecule has 0 unspecified atom stereocenters. The maximum absolute atomic E-state index is 14.2. The quantitative estimate of drug-likeness (QED) is 0.242. The number of phosphoric acid groups is 1. The molecule has 0 fully saturated rings. The smallest absolute Gasteiger partial charge is 0.280 e. The number of hydrogen-bond donors (Lipinski definition) is 0. The lowest BCUT2D eigenvalue weighted by Crippen LogP contribution is -2.40. The van der Waals surface area contributed by atoms with Crippen molar-refractivity contribution in [1.82, 2.24) is 0 Å². The molecule has 0 saturated carbocycles. The van der Waals surface area contributed by atoms with Gasteiger partial charge in [-0.3, -0.25) is 13.6 Å². The summed E-state index contributed by atoms with van der Waals surface area (Å²) in [4.78, 5) is 0. The van der Waals surface area contributed by atoms with E-state index in [1.165, 1.54) is 0 Å². The van der Waals surface area contributed by atoms with Gasteiger partial charge in [-0.1, -0.05) is 80.1 Å². The van der Waals surface area contributed by atoms with Gasteiger partial charge in [0.05, 0.1) is 16.8 Å². The lowest BCUT2D eigenvalue weighted by Gasteiger charge is -2.43. The predicted molar refractivity (Wildman–Crippen MR) is 125 cm³/mol. The summed E-state index contributed by atoms with van der Waals surface area (Å²) in [5.74, 6) is 0.821. The van der Waals surface area contributed by atoms with Crippen LogP contribution in [0.15, 0.2) is 0 Å². The molecule has 0 rings (SSSR count). The van der Waals surface area contributed by atoms with E-state index in [9.17, 15) is 4.57 Å². The first-order valence-electron chi connectivity index (χ1n) is 11.9. The number of phosphoric ester groups is 1. The largest absolute Gasteiger partial charge is 0.476 e. The van der Waals surface area contributed by atoms with Crippen LogP contribution in [-0.4, -0.2) is 16.8 Å². The third kappa shape index (κ3) is 8.28. The minimum Gasteiger partial charge on any atom is -0.280 e. The van der Waals surface area contributed by atoms with Crippen molar-refractivity contribution in [2.45, 2.75) is 138 Å². The van der Waals surface area contributed by atoms with Crippen molar-refractivity contribution in [2.24, 2.45) is 17.8 Å². The molecular formula is C24H51O4P. The molecule has 176 valence electrons. The van der Waals surface area contributed by atoms with E-state index in [2.05, 4.69) is 41.5 Å². The molecule has 0 atom stereocenters. The topological polar surface area (TPSA) is 44.8 Å². The van der Waals surface area contributed by atoms with E-state index in [4.69, 9.17) is 13.6 Å². The minimum absolute atomic E-state index is 0.274. The fraction of sp³-hybridized carbons (Fsp3) is 1.00. The molecule has 0 aromatic carbocycles. The molecule has 4 nitrogen and oxygen atoms in total. The Kier molecular flexibility index (Phi) is 11.7. The lowest BCUT2D eigenvalue weighted by atomic mass is 9.87. The van der Waals surface area contributed by atoms with E-state index >= 15 is 0 Å². The Morgan fingerprint density at radius 3 is 0.828 bits per heavy atom. The van der Waals surface area contributed by atoms with Crippen molar-refractivity contribution in [3.63, 3.8) is 0 Å². The van der Waals surface area contributed by atoms with E-state index in [-0.39, 0.29) is 17.8 Å². The van der Waals surface area contributed by atoms with Gasteiger partial charge in [0.2, 0.25) is 0 Å². The highest BCUT2D eigenvalue weighted by atomic mass is 31.2. The molecule has 0 radical (unpaired) electrons. The number of hydrogen-bond acceptors (Lipinski definition) is 4. The molecule has 0 amide bonds. The molecule has 0 spiro atoms. The molecule has 29 heavy (non-hydrogen) atoms. The van der Waals surface area contributed by atoms with E-state index in [1.807, 2.05) is 41.5 Å². The van der Waals surface area contributed by atoms with Gasteiger partial charge in [-0.25, -0.2) is 4.57 Å². The zero-order valence-electron chi connectivity index (χ0n) is 21.6. The van der Waals surface area contributed by atoms with Crippen LogP contribution in [0.3, 0.4) is 0 Å². The maximum atomic E-state index is 14.2. The van der Waals surface area contributed by atoms with Crippen LogP contribution in [0.1, 0.15) is 122 Å². The monoisotopic (exact) mass is 434 g/mol. The molecule has 0 aromatic rings. The van der Waals surface area contributed by atoms with E-state index in [1.54, 1.807) is 0 Å². The fourth-order valence-corrected chi connectivity index (χ4v) is 7.25. The summed E-state index contributed by atoms with van der Waals surface area (Å²) in [6.07, 6.45) is 5.72. The molecule has 0 saturated heterocycles. The zero-order valence-corrected chi connectivity index (χ0v) is 22.4. The molecule has 0 aliphatic carbocycles. The molecule has 0 N–H and O–H groups in total. The summed E-state index contributed by atoms with van der Waals surface area (Å²) in [5, 5.41) is 0. The van der Waals surface area contributed by atoms with Crippen molar-refractivity contribution >= 4 is 7.82 Å². The Bertz CT molecular complexity index is 430. The number of rotatable bonds is 15. The molecule has 0 heterocycles. The summed E-state index contributed by atoms with van der Waals surface area (Å²) in [6, 6.07) is 0. The van der Waals surface area contributed by atoms with E-state index in [0.717, 1.165) is 38.5 Å². The SMILES string of the molecule is CCC(CC)C(C)(C)OP(=O)(OC(C)(C)C(CC)CC)OC(C)(C)C(CC)CC. The van der Waals surface area contributed by atoms with Crippen LogP contribution in [-0.2, 0) is 18.1 Å². The molecule has 0 bridgehead atoms. The summed E-state index contributed by atoms with van der Waals surface area (Å²) < 4.78 is 33.2. The molecule has 0 aromatic heterocycles. The van der Waals surface area contributed by atoms with Crippen molar-refractivity contribution in [3.05, 3.63) is 0 Å². The third-order valence-corrected chi connectivity index (χ3v) is 9.03. The Morgan fingerprint density at radius 1 is 0.517 bits per heavy atom. The first-order valence-corrected chi connectivity index (χ1v) is 13.4. The van der Waals surface area contributed by atoms with Gasteiger partial charge >= 0.3 is 7.82 Å². The van der Waals surface area contributed by atoms with E-state index < -0.39 is 24.6 Å². The first-order chi connectivity index (χ1) is 13.2. The second-order valence-electron chi connectivity index (χ2n) is 10.1. The normalized spacial score (nSPS) is 14.4. The Labute approximate surface area is 182 Å². The standard InChI is InChI=1S/C24H51O4P/c1-13-19(14-2)22(7,8)26-29(25,27-23(9,10)20(15-3)16-4)28-24(11,12)21(17-5)18-6/h19-21H,13-18H2,1-12H3. The van der Waals surface area contributed by atoms with Gasteiger partial charge in [0.15, 0.2) is 0 Å². The predicted octanol–water partition coefficient (Wildman–Crippen LogP) is 8.79. The maximum Gasteiger partial charge on any atom is 0.476 e. The van der Waals surface area contributed by atoms with Crippen LogP contribution in [0, 0.1) is 17.8 Å². The Hall–Kier alpha value is 0.110. The summed E-state index contributed by atoms with van der Waals surface area (Å²) in [6.45, 7) is 25.0. The summed E-state index contributed by atoms with van der Waals surface area (Å²) in [5.41, 5.74) is -1.81. The summed E-state index contributed by atoms with van der Waals surface area (Å²) in [7, 11) is -3.82. The first kappa shape index (κ1) is 29.1. The van der Waals surface area contributed by atoms with Crippen molar-refractivity contribution in [2.75, 3.05) is 0 Å². The highest BCUT2D eigenvalue weighted by molar-refractivity contribution is 7.48. The molecule has 5 heteroatoms. The van der Waals surface area contributed by atoms with Gasteiger partial charge in [-0.15, -0.1) is 0 Å². The fourth-order valence-electron chi connectivity index (χ4n) is 4.96. The van der Waals surface area contributed by atoms with Crippen LogP contribution < -0.4 is 0 Å². The minimum atomic E-state index is -3.82. The van der Waals surface area contributed by atoms with Gasteiger partial charge in [-0.05, 0) is 59.3 Å². The lowest BCUT2D eigenvalue weighted by molar-refractivity contribution is -0.0849. The van der Waals surface area contributed by atoms with Crippen LogP contribution in [0.25, 0.3) is 0 Å². The van der Waals surface area contributed by atoms with Crippen molar-refractivity contribution in [1.29, 1.82) is 0 Å². The van der Waals surface area contributed by atoms with Crippen LogP contribution in [0.5, 0.6) is 0 Å². The van der Waals surface area contributed by atoms with E-state index in [0.29, 0.717) is 0 Å². The average molecular weight is 435 g/mol. The highest BCUT2D eigenvalue weighted by Gasteiger charge is 2.48. The van der Waals surface area contributed by atoms with Crippen LogP contribution in [0.2, 0.25) is 0 Å². The Balaban J connectivity index is 6.08. The van der Waals surface area contributed by atoms with Crippen LogP contribution in [0.4, 0.5) is 0 Å². The average Bonchev–Trinajstić information content (AvgIpc) is 2.54. The van der Waals surface area contributed by atoms with Gasteiger partial charge in [0, 0.05) is 0 Å². The zero-order chi connectivity index (χ0) is 23.1. The molecule has 0 aliphatic rings. The third-order valence-electron chi connectivity index (χ3n) is 6.95. The van der Waals surface area contributed by atoms with Gasteiger partial charge in [0.1, 0.15) is 0 Å². The highest BCUT2D eigenvalue weighted by Crippen LogP contribution is 2.61. The molecular weight excluding hydrogens is 383 g/mol. The second kappa shape index (κ2) is 11.7. The van der Waals surface area contributed by atoms with Gasteiger partial charge in [-0.2, -0.15) is 0 Å². The summed E-state index contributed by atoms with van der Waals surface area (Å²) >= 11 is 0. The van der Waals surface area contributed by atoms with Crippen molar-refractivity contribution in [3.8, 4) is 0 Å². The second-order valence-corrected chi connectivity index (χ2v) is 11.5. The van der Waals surface area contributed by atoms with Gasteiger partial charge < -0.3 is 0 Å². The van der Waals surface area contributed by atoms with Crippen LogP contribution >= 0.6 is 7.82 Å².